The maximum Gasteiger partial charge on any atom is 0.306 e. The molecule has 5 rings (SSSR count). The molecule has 12 atom stereocenters. The topological polar surface area (TPSA) is 66.8 Å². The van der Waals surface area contributed by atoms with Crippen molar-refractivity contribution >= 4 is 5.97 Å². The van der Waals surface area contributed by atoms with Crippen LogP contribution in [-0.4, -0.2) is 34.5 Å². The summed E-state index contributed by atoms with van der Waals surface area (Å²) in [5.41, 5.74) is 0.584. The third-order valence-electron chi connectivity index (χ3n) is 17.3. The number of ether oxygens (including phenoxy) is 1. The number of carbonyl (C=O) groups is 1. The summed E-state index contributed by atoms with van der Waals surface area (Å²) in [7, 11) is 0. The highest BCUT2D eigenvalue weighted by Crippen LogP contribution is 2.77. The molecule has 0 bridgehead atoms. The van der Waals surface area contributed by atoms with Crippen molar-refractivity contribution in [1.29, 1.82) is 0 Å². The fraction of sp³-hybridized carbons (Fsp3) is 0.935. The average Bonchev–Trinajstić information content (AvgIpc) is 3.40. The van der Waals surface area contributed by atoms with Crippen LogP contribution >= 0.6 is 0 Å². The predicted octanol–water partition coefficient (Wildman–Crippen LogP) is 12.0. The molecule has 5 fully saturated rings. The highest BCUT2D eigenvalue weighted by Gasteiger charge is 2.75. The summed E-state index contributed by atoms with van der Waals surface area (Å²) in [4.78, 5) is 13.2. The van der Waals surface area contributed by atoms with Crippen LogP contribution in [0.1, 0.15) is 197 Å². The molecule has 5 aliphatic carbocycles. The fourth-order valence-electron chi connectivity index (χ4n) is 14.2. The minimum atomic E-state index is -0.485. The number of fused-ring (bicyclic) bond motifs is 7. The molecular weight excluding hydrogens is 617 g/mol. The molecule has 0 aromatic heterocycles. The number of unbranched alkanes of at least 4 members (excludes halogenated alkanes) is 12. The normalized spacial score (nSPS) is 43.3. The molecule has 0 aliphatic heterocycles. The number of hydrogen-bond acceptors (Lipinski definition) is 4. The molecule has 0 saturated heterocycles. The minimum absolute atomic E-state index is 0.0269. The van der Waals surface area contributed by atoms with E-state index in [0.29, 0.717) is 30.1 Å². The lowest BCUT2D eigenvalue weighted by Gasteiger charge is -2.74. The number of carbonyl (C=O) groups excluding carboxylic acids is 1. The molecule has 50 heavy (non-hydrogen) atoms. The zero-order chi connectivity index (χ0) is 36.5. The van der Waals surface area contributed by atoms with Crippen molar-refractivity contribution in [3.8, 4) is 0 Å². The summed E-state index contributed by atoms with van der Waals surface area (Å²) in [6.45, 7) is 23.3. The monoisotopic (exact) mass is 697 g/mol. The Morgan fingerprint density at radius 2 is 1.30 bits per heavy atom. The maximum atomic E-state index is 13.2. The molecule has 0 spiro atoms. The summed E-state index contributed by atoms with van der Waals surface area (Å²) in [6, 6.07) is 0. The van der Waals surface area contributed by atoms with Crippen LogP contribution in [0.3, 0.4) is 0 Å². The fourth-order valence-corrected chi connectivity index (χ4v) is 14.2. The smallest absolute Gasteiger partial charge is 0.306 e. The summed E-state index contributed by atoms with van der Waals surface area (Å²) in [5, 5.41) is 24.7. The number of rotatable bonds is 16. The average molecular weight is 697 g/mol. The standard InChI is InChI=1S/C46H80O4/c1-10-11-12-13-14-15-16-17-18-19-20-21-22-23-40(49)50-39-27-29-44(7)35-25-24-34-41-33(32(2)3)26-28-43(41,6)31-38(48)45(34,8)46(35,9)37(47)30-36(44)42(39,4)5/h33-39,41,47-48H,2,10-31H2,1,3-9H3/t33-,34+,35+,36-,37?,38?,39?,41+,43+,44+,45-,46-/m0/s1. The van der Waals surface area contributed by atoms with Gasteiger partial charge in [0.1, 0.15) is 6.10 Å². The molecule has 0 aromatic rings. The largest absolute Gasteiger partial charge is 0.462 e. The number of aliphatic hydroxyl groups excluding tert-OH is 2. The van der Waals surface area contributed by atoms with Crippen molar-refractivity contribution in [2.75, 3.05) is 0 Å². The first kappa shape index (κ1) is 40.3. The van der Waals surface area contributed by atoms with Crippen LogP contribution in [0.5, 0.6) is 0 Å². The second kappa shape index (κ2) is 15.8. The first-order valence-corrected chi connectivity index (χ1v) is 21.8. The lowest BCUT2D eigenvalue weighted by atomic mass is 9.31. The van der Waals surface area contributed by atoms with Crippen molar-refractivity contribution in [2.24, 2.45) is 56.7 Å². The van der Waals surface area contributed by atoms with Gasteiger partial charge < -0.3 is 14.9 Å². The van der Waals surface area contributed by atoms with E-state index in [9.17, 15) is 15.0 Å². The van der Waals surface area contributed by atoms with Gasteiger partial charge in [0.15, 0.2) is 0 Å². The van der Waals surface area contributed by atoms with Crippen LogP contribution in [-0.2, 0) is 9.53 Å². The third-order valence-corrected chi connectivity index (χ3v) is 17.3. The van der Waals surface area contributed by atoms with Crippen LogP contribution in [0, 0.1) is 56.7 Å². The van der Waals surface area contributed by atoms with Gasteiger partial charge in [-0.2, -0.15) is 0 Å². The number of allylic oxidation sites excluding steroid dienone is 1. The number of aliphatic hydroxyl groups is 2. The van der Waals surface area contributed by atoms with Gasteiger partial charge in [-0.05, 0) is 105 Å². The Morgan fingerprint density at radius 3 is 1.88 bits per heavy atom. The molecule has 0 aromatic carbocycles. The van der Waals surface area contributed by atoms with Crippen LogP contribution in [0.2, 0.25) is 0 Å². The summed E-state index contributed by atoms with van der Waals surface area (Å²) >= 11 is 0. The third kappa shape index (κ3) is 7.07. The van der Waals surface area contributed by atoms with Crippen LogP contribution in [0.25, 0.3) is 0 Å². The Hall–Kier alpha value is -0.870. The number of hydrogen-bond donors (Lipinski definition) is 2. The van der Waals surface area contributed by atoms with Crippen molar-refractivity contribution < 1.29 is 19.7 Å². The van der Waals surface area contributed by atoms with Crippen molar-refractivity contribution in [1.82, 2.24) is 0 Å². The van der Waals surface area contributed by atoms with E-state index in [-0.39, 0.29) is 45.1 Å². The quantitative estimate of drug-likeness (QED) is 0.0957. The molecular formula is C46H80O4. The second-order valence-corrected chi connectivity index (χ2v) is 20.3. The molecule has 5 saturated carbocycles. The summed E-state index contributed by atoms with van der Waals surface area (Å²) < 4.78 is 6.35. The SMILES string of the molecule is C=C(C)[C@@H]1CC[C@]2(C)CC(O)[C@]3(C)[C@H](CC[C@@H]4[C@@]5(C)CCC(OC(=O)CCCCCCCCCCCCCCC)C(C)(C)[C@@H]5CC(O)[C@]43C)[C@@H]12. The van der Waals surface area contributed by atoms with Gasteiger partial charge in [0.2, 0.25) is 0 Å². The number of esters is 1. The van der Waals surface area contributed by atoms with Crippen molar-refractivity contribution in [2.45, 2.75) is 215 Å². The Labute approximate surface area is 308 Å². The summed E-state index contributed by atoms with van der Waals surface area (Å²) in [5.74, 6) is 2.02. The Kier molecular flexibility index (Phi) is 12.8. The molecule has 0 radical (unpaired) electrons. The molecule has 4 nitrogen and oxygen atoms in total. The minimum Gasteiger partial charge on any atom is -0.462 e. The van der Waals surface area contributed by atoms with Gasteiger partial charge in [-0.3, -0.25) is 4.79 Å². The Morgan fingerprint density at radius 1 is 0.720 bits per heavy atom. The van der Waals surface area contributed by atoms with Crippen molar-refractivity contribution in [3.63, 3.8) is 0 Å². The van der Waals surface area contributed by atoms with Gasteiger partial charge in [0.05, 0.1) is 12.2 Å². The van der Waals surface area contributed by atoms with Gasteiger partial charge in [-0.25, -0.2) is 0 Å². The van der Waals surface area contributed by atoms with E-state index in [1.165, 1.54) is 89.0 Å². The van der Waals surface area contributed by atoms with E-state index >= 15 is 0 Å². The molecule has 2 N–H and O–H groups in total. The highest BCUT2D eigenvalue weighted by atomic mass is 16.5. The molecule has 4 heteroatoms. The lowest BCUT2D eigenvalue weighted by Crippen LogP contribution is -2.73. The molecule has 0 amide bonds. The van der Waals surface area contributed by atoms with Crippen LogP contribution in [0.4, 0.5) is 0 Å². The first-order chi connectivity index (χ1) is 23.6. The van der Waals surface area contributed by atoms with Crippen LogP contribution in [0.15, 0.2) is 12.2 Å². The van der Waals surface area contributed by atoms with E-state index in [1.807, 2.05) is 0 Å². The molecule has 3 unspecified atom stereocenters. The predicted molar refractivity (Wildman–Crippen MR) is 208 cm³/mol. The van der Waals surface area contributed by atoms with Gasteiger partial charge in [-0.1, -0.05) is 138 Å². The van der Waals surface area contributed by atoms with Gasteiger partial charge >= 0.3 is 5.97 Å². The van der Waals surface area contributed by atoms with E-state index in [1.54, 1.807) is 0 Å². The van der Waals surface area contributed by atoms with E-state index in [4.69, 9.17) is 4.74 Å². The van der Waals surface area contributed by atoms with Crippen LogP contribution < -0.4 is 0 Å². The highest BCUT2D eigenvalue weighted by molar-refractivity contribution is 5.69. The van der Waals surface area contributed by atoms with Crippen molar-refractivity contribution in [3.05, 3.63) is 12.2 Å². The first-order valence-electron chi connectivity index (χ1n) is 21.8. The Bertz CT molecular complexity index is 1160. The molecule has 288 valence electrons. The molecule has 0 heterocycles. The van der Waals surface area contributed by atoms with Gasteiger partial charge in [-0.15, -0.1) is 0 Å². The van der Waals surface area contributed by atoms with E-state index < -0.39 is 12.2 Å². The summed E-state index contributed by atoms with van der Waals surface area (Å²) in [6.07, 6.45) is 24.6. The van der Waals surface area contributed by atoms with E-state index in [2.05, 4.69) is 62.0 Å². The van der Waals surface area contributed by atoms with Gasteiger partial charge in [0.25, 0.3) is 0 Å². The lowest BCUT2D eigenvalue weighted by molar-refractivity contribution is -0.306. The molecule has 5 aliphatic rings. The van der Waals surface area contributed by atoms with E-state index in [0.717, 1.165) is 51.4 Å². The Balaban J connectivity index is 1.16. The maximum absolute atomic E-state index is 13.2. The second-order valence-electron chi connectivity index (χ2n) is 20.3. The van der Waals surface area contributed by atoms with Gasteiger partial charge in [0, 0.05) is 22.7 Å². The zero-order valence-corrected chi connectivity index (χ0v) is 34.1. The zero-order valence-electron chi connectivity index (χ0n) is 34.1.